The van der Waals surface area contributed by atoms with Gasteiger partial charge in [0.2, 0.25) is 0 Å². The molecule has 4 aromatic heterocycles. The van der Waals surface area contributed by atoms with Crippen molar-refractivity contribution in [3.8, 4) is 22.5 Å². The Labute approximate surface area is 442 Å². The second-order valence-corrected chi connectivity index (χ2v) is 21.7. The number of rotatable bonds is 16. The van der Waals surface area contributed by atoms with Gasteiger partial charge in [0.15, 0.2) is 11.3 Å². The van der Waals surface area contributed by atoms with Crippen LogP contribution in [0.25, 0.3) is 33.8 Å². The number of imidazole rings is 2. The van der Waals surface area contributed by atoms with E-state index >= 15 is 0 Å². The number of aryl methyl sites for hydroxylation is 2. The fourth-order valence-corrected chi connectivity index (χ4v) is 9.68. The van der Waals surface area contributed by atoms with Gasteiger partial charge in [0, 0.05) is 71.6 Å². The van der Waals surface area contributed by atoms with Crippen LogP contribution in [0.3, 0.4) is 0 Å². The van der Waals surface area contributed by atoms with Gasteiger partial charge in [-0.25, -0.2) is 23.8 Å². The van der Waals surface area contributed by atoms with Gasteiger partial charge in [0.1, 0.15) is 17.2 Å². The van der Waals surface area contributed by atoms with Crippen LogP contribution in [-0.4, -0.2) is 102 Å². The summed E-state index contributed by atoms with van der Waals surface area (Å²) in [6.45, 7) is 7.82. The Hall–Kier alpha value is -7.13. The summed E-state index contributed by atoms with van der Waals surface area (Å²) < 4.78 is 87.0. The number of halogens is 6. The van der Waals surface area contributed by atoms with E-state index in [-0.39, 0.29) is 47.8 Å². The van der Waals surface area contributed by atoms with E-state index in [1.807, 2.05) is 32.0 Å². The third-order valence-corrected chi connectivity index (χ3v) is 13.9. The smallest absolute Gasteiger partial charge is 0.414 e. The molecule has 4 heterocycles. The second-order valence-electron chi connectivity index (χ2n) is 21.7. The van der Waals surface area contributed by atoms with Crippen molar-refractivity contribution in [3.05, 3.63) is 83.2 Å². The summed E-state index contributed by atoms with van der Waals surface area (Å²) in [5.74, 6) is 0.810. The Morgan fingerprint density at radius 3 is 1.55 bits per heavy atom. The number of benzene rings is 2. The molecule has 77 heavy (non-hydrogen) atoms. The topological polar surface area (TPSA) is 184 Å². The maximum absolute atomic E-state index is 13.4. The summed E-state index contributed by atoms with van der Waals surface area (Å²) in [5, 5.41) is 25.2. The summed E-state index contributed by atoms with van der Waals surface area (Å²) in [6.07, 6.45) is 3.84. The van der Waals surface area contributed by atoms with Crippen LogP contribution in [-0.2, 0) is 4.74 Å². The molecule has 5 N–H and O–H groups in total. The SMILES string of the molecule is Cc1cc(-c2cnc3c(N(CCC(F)(F)F)C(=O)OC(C)(C)C)cc(NC4CCCC4)nn23)ccc1C(=O)NC1CC1.Cc1cc(-c2cnc3c(NCCC(F)(F)F)cc(NC4CCCC4)nn23)ccc1C(=O)NC1CC1. The molecule has 22 heteroatoms. The normalized spacial score (nSPS) is 16.3. The van der Waals surface area contributed by atoms with Gasteiger partial charge < -0.3 is 31.3 Å². The molecule has 4 aliphatic rings. The van der Waals surface area contributed by atoms with E-state index in [1.165, 1.54) is 4.52 Å². The van der Waals surface area contributed by atoms with Gasteiger partial charge in [0.25, 0.3) is 11.8 Å². The maximum atomic E-state index is 13.4. The van der Waals surface area contributed by atoms with E-state index < -0.39 is 43.4 Å². The molecule has 0 spiro atoms. The summed E-state index contributed by atoms with van der Waals surface area (Å²) in [4.78, 5) is 48.5. The summed E-state index contributed by atoms with van der Waals surface area (Å²) in [6, 6.07) is 15.2. The number of hydrogen-bond donors (Lipinski definition) is 5. The molecule has 2 aromatic carbocycles. The van der Waals surface area contributed by atoms with E-state index in [4.69, 9.17) is 14.9 Å². The van der Waals surface area contributed by atoms with Crippen LogP contribution in [0, 0.1) is 13.8 Å². The molecule has 3 amide bonds. The van der Waals surface area contributed by atoms with Crippen molar-refractivity contribution in [2.45, 2.75) is 167 Å². The molecule has 0 radical (unpaired) electrons. The van der Waals surface area contributed by atoms with E-state index in [9.17, 15) is 40.7 Å². The first kappa shape index (κ1) is 54.7. The lowest BCUT2D eigenvalue weighted by Gasteiger charge is -2.28. The molecule has 6 aromatic rings. The van der Waals surface area contributed by atoms with Gasteiger partial charge in [-0.15, -0.1) is 10.2 Å². The van der Waals surface area contributed by atoms with Crippen molar-refractivity contribution in [2.24, 2.45) is 0 Å². The standard InChI is InChI=1S/C30H37F3N6O3.C25H29F3N6O/c1-18-15-19(9-12-22(18)27(40)36-21-10-11-21)24-17-34-26-23(16-25(37-39(24)26)35-20-7-5-6-8-20)38(14-13-30(31,32)33)28(41)42-29(2,3)4;1-15-12-16(6-9-19(15)24(35)32-18-7-8-18)21-14-30-23-20(29-11-10-25(26,27)28)13-22(33-34(21)23)31-17-4-2-3-5-17/h9,12,15-17,20-21H,5-8,10-11,13-14H2,1-4H3,(H,35,37)(H,36,40);6,9,12-14,17-18,29H,2-5,7-8,10-11H2,1H3,(H,31,33)(H,32,35). The number of nitrogens with zero attached hydrogens (tertiary/aromatic N) is 7. The van der Waals surface area contributed by atoms with E-state index in [2.05, 4.69) is 36.6 Å². The van der Waals surface area contributed by atoms with Crippen molar-refractivity contribution in [2.75, 3.05) is 33.9 Å². The molecule has 10 rings (SSSR count). The first-order valence-corrected chi connectivity index (χ1v) is 26.6. The largest absolute Gasteiger partial charge is 0.443 e. The number of ether oxygens (including phenoxy) is 1. The Morgan fingerprint density at radius 1 is 0.623 bits per heavy atom. The van der Waals surface area contributed by atoms with Crippen molar-refractivity contribution in [1.82, 2.24) is 39.8 Å². The van der Waals surface area contributed by atoms with Crippen molar-refractivity contribution in [1.29, 1.82) is 0 Å². The van der Waals surface area contributed by atoms with Gasteiger partial charge in [-0.2, -0.15) is 26.3 Å². The van der Waals surface area contributed by atoms with Crippen molar-refractivity contribution < 1.29 is 45.5 Å². The Kier molecular flexibility index (Phi) is 15.9. The average Bonchev–Trinajstić information content (AvgIpc) is 4.05. The van der Waals surface area contributed by atoms with E-state index in [0.29, 0.717) is 51.5 Å². The van der Waals surface area contributed by atoms with Gasteiger partial charge in [0.05, 0.1) is 48.0 Å². The average molecular weight is 1070 g/mol. The Bertz CT molecular complexity index is 3110. The van der Waals surface area contributed by atoms with Crippen LogP contribution in [0.4, 0.5) is 54.1 Å². The van der Waals surface area contributed by atoms with Crippen LogP contribution in [0.1, 0.15) is 143 Å². The number of carbonyl (C=O) groups excluding carboxylic acids is 3. The molecule has 4 aliphatic carbocycles. The maximum Gasteiger partial charge on any atom is 0.414 e. The number of anilines is 4. The van der Waals surface area contributed by atoms with E-state index in [1.54, 1.807) is 68.0 Å². The van der Waals surface area contributed by atoms with Crippen LogP contribution >= 0.6 is 0 Å². The molecular weight excluding hydrogens is 1010 g/mol. The molecule has 4 saturated carbocycles. The summed E-state index contributed by atoms with van der Waals surface area (Å²) >= 11 is 0. The molecule has 412 valence electrons. The molecule has 4 fully saturated rings. The predicted octanol–water partition coefficient (Wildman–Crippen LogP) is 12.0. The second kappa shape index (κ2) is 22.5. The first-order valence-electron chi connectivity index (χ1n) is 26.6. The lowest BCUT2D eigenvalue weighted by molar-refractivity contribution is -0.132. The highest BCUT2D eigenvalue weighted by Gasteiger charge is 2.34. The van der Waals surface area contributed by atoms with Crippen LogP contribution < -0.4 is 31.5 Å². The monoisotopic (exact) mass is 1070 g/mol. The summed E-state index contributed by atoms with van der Waals surface area (Å²) in [7, 11) is 0. The number of fused-ring (bicyclic) bond motifs is 2. The predicted molar refractivity (Wildman–Crippen MR) is 282 cm³/mol. The number of amides is 3. The zero-order chi connectivity index (χ0) is 54.8. The third kappa shape index (κ3) is 14.3. The molecule has 0 unspecified atom stereocenters. The molecule has 0 atom stereocenters. The Morgan fingerprint density at radius 2 is 1.09 bits per heavy atom. The molecule has 0 bridgehead atoms. The zero-order valence-corrected chi connectivity index (χ0v) is 43.9. The first-order chi connectivity index (χ1) is 36.5. The fraction of sp³-hybridized carbons (Fsp3) is 0.509. The zero-order valence-electron chi connectivity index (χ0n) is 43.9. The minimum absolute atomic E-state index is 0.0768. The summed E-state index contributed by atoms with van der Waals surface area (Å²) in [5.41, 5.74) is 6.00. The van der Waals surface area contributed by atoms with Gasteiger partial charge in [-0.3, -0.25) is 14.5 Å². The minimum Gasteiger partial charge on any atom is -0.443 e. The van der Waals surface area contributed by atoms with E-state index in [0.717, 1.165) is 104 Å². The molecule has 0 saturated heterocycles. The van der Waals surface area contributed by atoms with Gasteiger partial charge in [-0.1, -0.05) is 37.8 Å². The number of nitrogens with one attached hydrogen (secondary N) is 5. The van der Waals surface area contributed by atoms with Crippen LogP contribution in [0.5, 0.6) is 0 Å². The van der Waals surface area contributed by atoms with Gasteiger partial charge >= 0.3 is 18.4 Å². The van der Waals surface area contributed by atoms with Crippen LogP contribution in [0.2, 0.25) is 0 Å². The number of alkyl halides is 6. The number of aromatic nitrogens is 6. The molecule has 0 aliphatic heterocycles. The van der Waals surface area contributed by atoms with Crippen molar-refractivity contribution >= 4 is 52.2 Å². The van der Waals surface area contributed by atoms with Gasteiger partial charge in [-0.05, 0) is 121 Å². The fourth-order valence-electron chi connectivity index (χ4n) is 9.68. The molecule has 16 nitrogen and oxygen atoms in total. The highest BCUT2D eigenvalue weighted by atomic mass is 19.4. The number of carbonyl (C=O) groups is 3. The lowest BCUT2D eigenvalue weighted by atomic mass is 10.0. The Balaban J connectivity index is 0.000000191. The van der Waals surface area contributed by atoms with Crippen LogP contribution in [0.15, 0.2) is 60.9 Å². The molecular formula is C55H66F6N12O4. The van der Waals surface area contributed by atoms with Crippen molar-refractivity contribution in [3.63, 3.8) is 0 Å². The number of hydrogen-bond acceptors (Lipinski definition) is 11. The minimum atomic E-state index is -4.49. The lowest BCUT2D eigenvalue weighted by Crippen LogP contribution is -2.39. The highest BCUT2D eigenvalue weighted by molar-refractivity contribution is 5.98. The quantitative estimate of drug-likeness (QED) is 0.0581. The third-order valence-electron chi connectivity index (χ3n) is 13.9. The highest BCUT2D eigenvalue weighted by Crippen LogP contribution is 2.35.